The molecule has 1 aromatic carbocycles. The minimum absolute atomic E-state index is 0. The van der Waals surface area contributed by atoms with E-state index in [2.05, 4.69) is 39.3 Å². The summed E-state index contributed by atoms with van der Waals surface area (Å²) in [6.07, 6.45) is 4.36. The van der Waals surface area contributed by atoms with Crippen molar-refractivity contribution in [3.05, 3.63) is 58.6 Å². The smallest absolute Gasteiger partial charge is 0.192 e. The van der Waals surface area contributed by atoms with Gasteiger partial charge in [-0.2, -0.15) is 0 Å². The minimum atomic E-state index is -0.0306. The second-order valence-corrected chi connectivity index (χ2v) is 6.57. The zero-order chi connectivity index (χ0) is 18.9. The highest BCUT2D eigenvalue weighted by Crippen LogP contribution is 2.25. The van der Waals surface area contributed by atoms with E-state index in [9.17, 15) is 0 Å². The van der Waals surface area contributed by atoms with Crippen LogP contribution < -0.4 is 10.6 Å². The second kappa shape index (κ2) is 12.2. The fourth-order valence-electron chi connectivity index (χ4n) is 2.47. The molecular formula is C18H25Cl2IN6. The third kappa shape index (κ3) is 7.31. The van der Waals surface area contributed by atoms with Crippen LogP contribution in [0, 0.1) is 0 Å². The zero-order valence-electron chi connectivity index (χ0n) is 15.5. The van der Waals surface area contributed by atoms with Gasteiger partial charge >= 0.3 is 0 Å². The van der Waals surface area contributed by atoms with Crippen LogP contribution in [0.2, 0.25) is 10.0 Å². The maximum atomic E-state index is 6.30. The summed E-state index contributed by atoms with van der Waals surface area (Å²) in [6, 6.07) is 5.45. The second-order valence-electron chi connectivity index (χ2n) is 5.73. The molecule has 0 aliphatic rings. The summed E-state index contributed by atoms with van der Waals surface area (Å²) in [5.74, 6) is 1.64. The highest BCUT2D eigenvalue weighted by Gasteiger charge is 2.12. The van der Waals surface area contributed by atoms with Crippen molar-refractivity contribution in [1.82, 2.24) is 25.4 Å². The molecule has 0 spiro atoms. The largest absolute Gasteiger partial charge is 0.353 e. The van der Waals surface area contributed by atoms with Crippen LogP contribution in [0.1, 0.15) is 31.3 Å². The molecule has 1 atom stereocenters. The maximum absolute atomic E-state index is 6.30. The predicted octanol–water partition coefficient (Wildman–Crippen LogP) is 4.25. The number of aliphatic imine (C=N–C) groups is 1. The van der Waals surface area contributed by atoms with Crippen molar-refractivity contribution in [2.45, 2.75) is 32.9 Å². The van der Waals surface area contributed by atoms with E-state index in [1.165, 1.54) is 0 Å². The predicted molar refractivity (Wildman–Crippen MR) is 123 cm³/mol. The Balaban J connectivity index is 0.00000364. The van der Waals surface area contributed by atoms with Crippen molar-refractivity contribution in [2.75, 3.05) is 13.1 Å². The van der Waals surface area contributed by atoms with Gasteiger partial charge in [0.2, 0.25) is 0 Å². The number of nitrogens with zero attached hydrogens (tertiary/aromatic N) is 4. The molecule has 0 amide bonds. The average molecular weight is 523 g/mol. The van der Waals surface area contributed by atoms with Crippen LogP contribution >= 0.6 is 47.2 Å². The molecule has 148 valence electrons. The number of aromatic nitrogens is 3. The van der Waals surface area contributed by atoms with E-state index in [1.54, 1.807) is 18.5 Å². The van der Waals surface area contributed by atoms with Crippen LogP contribution in [0.5, 0.6) is 0 Å². The Morgan fingerprint density at radius 1 is 1.41 bits per heavy atom. The van der Waals surface area contributed by atoms with Gasteiger partial charge in [-0.1, -0.05) is 42.3 Å². The monoisotopic (exact) mass is 522 g/mol. The van der Waals surface area contributed by atoms with E-state index < -0.39 is 0 Å². The van der Waals surface area contributed by atoms with Gasteiger partial charge in [-0.25, -0.2) is 0 Å². The highest BCUT2D eigenvalue weighted by atomic mass is 127. The van der Waals surface area contributed by atoms with E-state index in [0.29, 0.717) is 35.6 Å². The average Bonchev–Trinajstić information content (AvgIpc) is 3.06. The molecule has 0 saturated heterocycles. The molecule has 0 radical (unpaired) electrons. The molecule has 0 fully saturated rings. The van der Waals surface area contributed by atoms with Gasteiger partial charge < -0.3 is 15.2 Å². The van der Waals surface area contributed by atoms with Crippen molar-refractivity contribution < 1.29 is 0 Å². The molecular weight excluding hydrogens is 498 g/mol. The number of benzene rings is 1. The number of nitrogens with one attached hydrogen (secondary N) is 2. The van der Waals surface area contributed by atoms with Gasteiger partial charge in [0.1, 0.15) is 12.2 Å². The standard InChI is InChI=1S/C18H24Cl2N6.HI/c1-4-8-21-18(22-9-10-26-12-23-25-17(26)5-2)24-13(3)15-7-6-14(19)11-16(15)20;/h4,6-7,11-13H,1,5,8-10H2,2-3H3,(H2,21,22,24);1H. The molecule has 0 bridgehead atoms. The number of hydrogen-bond acceptors (Lipinski definition) is 3. The molecule has 6 nitrogen and oxygen atoms in total. The van der Waals surface area contributed by atoms with Gasteiger partial charge in [-0.3, -0.25) is 4.99 Å². The Morgan fingerprint density at radius 3 is 2.85 bits per heavy atom. The Labute approximate surface area is 187 Å². The Hall–Kier alpha value is -1.32. The summed E-state index contributed by atoms with van der Waals surface area (Å²) in [5.41, 5.74) is 0.955. The molecule has 1 aromatic heterocycles. The first-order valence-electron chi connectivity index (χ1n) is 8.52. The van der Waals surface area contributed by atoms with Gasteiger partial charge in [-0.15, -0.1) is 40.8 Å². The lowest BCUT2D eigenvalue weighted by molar-refractivity contribution is 0.651. The lowest BCUT2D eigenvalue weighted by Gasteiger charge is -2.19. The summed E-state index contributed by atoms with van der Waals surface area (Å²) < 4.78 is 2.01. The van der Waals surface area contributed by atoms with E-state index in [4.69, 9.17) is 23.2 Å². The summed E-state index contributed by atoms with van der Waals surface area (Å²) in [7, 11) is 0. The third-order valence-corrected chi connectivity index (χ3v) is 4.38. The molecule has 2 N–H and O–H groups in total. The zero-order valence-corrected chi connectivity index (χ0v) is 19.3. The van der Waals surface area contributed by atoms with E-state index in [0.717, 1.165) is 17.8 Å². The first kappa shape index (κ1) is 23.7. The SMILES string of the molecule is C=CCNC(=NCCn1cnnc1CC)NC(C)c1ccc(Cl)cc1Cl.I. The van der Waals surface area contributed by atoms with Gasteiger partial charge in [0.15, 0.2) is 5.96 Å². The molecule has 1 heterocycles. The van der Waals surface area contributed by atoms with Gasteiger partial charge in [-0.05, 0) is 24.6 Å². The number of aryl methyl sites for hydroxylation is 1. The van der Waals surface area contributed by atoms with Crippen LogP contribution in [0.4, 0.5) is 0 Å². The van der Waals surface area contributed by atoms with Crippen LogP contribution in [0.25, 0.3) is 0 Å². The summed E-state index contributed by atoms with van der Waals surface area (Å²) >= 11 is 12.3. The summed E-state index contributed by atoms with van der Waals surface area (Å²) in [5, 5.41) is 15.8. The molecule has 0 saturated carbocycles. The Morgan fingerprint density at radius 2 is 2.19 bits per heavy atom. The van der Waals surface area contributed by atoms with Crippen molar-refractivity contribution >= 4 is 53.1 Å². The Kier molecular flexibility index (Phi) is 10.7. The molecule has 1 unspecified atom stereocenters. The number of hydrogen-bond donors (Lipinski definition) is 2. The molecule has 2 rings (SSSR count). The molecule has 27 heavy (non-hydrogen) atoms. The minimum Gasteiger partial charge on any atom is -0.353 e. The first-order chi connectivity index (χ1) is 12.5. The van der Waals surface area contributed by atoms with Crippen LogP contribution in [-0.4, -0.2) is 33.8 Å². The fourth-order valence-corrected chi connectivity index (χ4v) is 3.04. The number of rotatable bonds is 8. The van der Waals surface area contributed by atoms with E-state index >= 15 is 0 Å². The first-order valence-corrected chi connectivity index (χ1v) is 9.28. The Bertz CT molecular complexity index is 762. The van der Waals surface area contributed by atoms with Crippen molar-refractivity contribution in [1.29, 1.82) is 0 Å². The van der Waals surface area contributed by atoms with Crippen molar-refractivity contribution in [3.8, 4) is 0 Å². The highest BCUT2D eigenvalue weighted by molar-refractivity contribution is 14.0. The maximum Gasteiger partial charge on any atom is 0.192 e. The van der Waals surface area contributed by atoms with Gasteiger partial charge in [0.25, 0.3) is 0 Å². The lowest BCUT2D eigenvalue weighted by atomic mass is 10.1. The lowest BCUT2D eigenvalue weighted by Crippen LogP contribution is -2.39. The van der Waals surface area contributed by atoms with E-state index in [1.807, 2.05) is 23.6 Å². The molecule has 2 aromatic rings. The normalized spacial score (nSPS) is 12.2. The van der Waals surface area contributed by atoms with E-state index in [-0.39, 0.29) is 30.0 Å². The summed E-state index contributed by atoms with van der Waals surface area (Å²) in [4.78, 5) is 4.63. The number of halogens is 3. The fraction of sp³-hybridized carbons (Fsp3) is 0.389. The van der Waals surface area contributed by atoms with Crippen molar-refractivity contribution in [2.24, 2.45) is 4.99 Å². The molecule has 0 aliphatic heterocycles. The van der Waals surface area contributed by atoms with Crippen LogP contribution in [-0.2, 0) is 13.0 Å². The molecule has 9 heteroatoms. The topological polar surface area (TPSA) is 67.1 Å². The van der Waals surface area contributed by atoms with Crippen LogP contribution in [0.15, 0.2) is 42.2 Å². The van der Waals surface area contributed by atoms with Crippen molar-refractivity contribution in [3.63, 3.8) is 0 Å². The summed E-state index contributed by atoms with van der Waals surface area (Å²) in [6.45, 7) is 9.74. The van der Waals surface area contributed by atoms with Gasteiger partial charge in [0.05, 0.1) is 12.6 Å². The van der Waals surface area contributed by atoms with Crippen LogP contribution in [0.3, 0.4) is 0 Å². The quantitative estimate of drug-likeness (QED) is 0.235. The number of guanidine groups is 1. The molecule has 0 aliphatic carbocycles. The third-order valence-electron chi connectivity index (χ3n) is 3.82. The van der Waals surface area contributed by atoms with Gasteiger partial charge in [0, 0.05) is 29.6 Å².